The molecule has 132 valence electrons. The van der Waals surface area contributed by atoms with Crippen molar-refractivity contribution in [1.29, 1.82) is 0 Å². The second-order valence-corrected chi connectivity index (χ2v) is 7.44. The average molecular weight is 330 g/mol. The van der Waals surface area contributed by atoms with Gasteiger partial charge in [-0.1, -0.05) is 37.5 Å². The Hall–Kier alpha value is -1.55. The number of hydrogen-bond acceptors (Lipinski definition) is 3. The second-order valence-electron chi connectivity index (χ2n) is 7.44. The predicted molar refractivity (Wildman–Crippen MR) is 96.2 cm³/mol. The van der Waals surface area contributed by atoms with Crippen molar-refractivity contribution in [2.75, 3.05) is 32.8 Å². The number of hydrogen-bond donors (Lipinski definition) is 0. The van der Waals surface area contributed by atoms with E-state index in [0.717, 1.165) is 43.9 Å². The number of benzene rings is 1. The van der Waals surface area contributed by atoms with Crippen LogP contribution in [0.4, 0.5) is 0 Å². The molecular weight excluding hydrogens is 300 g/mol. The molecule has 0 bridgehead atoms. The summed E-state index contributed by atoms with van der Waals surface area (Å²) in [6, 6.07) is 8.58. The molecule has 1 amide bonds. The molecule has 3 rings (SSSR count). The van der Waals surface area contributed by atoms with Crippen LogP contribution in [0.25, 0.3) is 0 Å². The van der Waals surface area contributed by atoms with Crippen molar-refractivity contribution in [3.8, 4) is 5.75 Å². The molecule has 24 heavy (non-hydrogen) atoms. The molecule has 0 radical (unpaired) electrons. The Bertz CT molecular complexity index is 535. The Morgan fingerprint density at radius 3 is 2.50 bits per heavy atom. The number of carbonyl (C=O) groups is 1. The summed E-state index contributed by atoms with van der Waals surface area (Å²) in [6.45, 7) is 8.24. The third-order valence-electron chi connectivity index (χ3n) is 5.48. The summed E-state index contributed by atoms with van der Waals surface area (Å²) < 4.78 is 5.63. The smallest absolute Gasteiger partial charge is 0.260 e. The number of rotatable bonds is 4. The molecule has 2 aliphatic rings. The van der Waals surface area contributed by atoms with Crippen LogP contribution < -0.4 is 4.74 Å². The third kappa shape index (κ3) is 4.50. The Kier molecular flexibility index (Phi) is 5.77. The van der Waals surface area contributed by atoms with E-state index in [9.17, 15) is 4.79 Å². The van der Waals surface area contributed by atoms with Gasteiger partial charge in [-0.05, 0) is 37.8 Å². The first-order valence-electron chi connectivity index (χ1n) is 9.33. The number of carbonyl (C=O) groups excluding carboxylic acids is 1. The van der Waals surface area contributed by atoms with Crippen molar-refractivity contribution >= 4 is 5.91 Å². The van der Waals surface area contributed by atoms with Crippen LogP contribution in [0.5, 0.6) is 5.75 Å². The highest BCUT2D eigenvalue weighted by Gasteiger charge is 2.28. The predicted octanol–water partition coefficient (Wildman–Crippen LogP) is 3.10. The van der Waals surface area contributed by atoms with Gasteiger partial charge in [-0.3, -0.25) is 9.69 Å². The zero-order valence-corrected chi connectivity index (χ0v) is 15.0. The molecule has 4 nitrogen and oxygen atoms in total. The monoisotopic (exact) mass is 330 g/mol. The van der Waals surface area contributed by atoms with E-state index in [1.807, 2.05) is 36.1 Å². The highest BCUT2D eigenvalue weighted by Crippen LogP contribution is 2.27. The van der Waals surface area contributed by atoms with Crippen LogP contribution in [-0.2, 0) is 4.79 Å². The van der Waals surface area contributed by atoms with E-state index < -0.39 is 0 Å². The molecule has 1 saturated heterocycles. The molecule has 2 atom stereocenters. The molecule has 0 aromatic heterocycles. The van der Waals surface area contributed by atoms with Crippen LogP contribution in [-0.4, -0.2) is 54.5 Å². The summed E-state index contributed by atoms with van der Waals surface area (Å²) in [5.74, 6) is 1.72. The lowest BCUT2D eigenvalue weighted by Gasteiger charge is -2.42. The summed E-state index contributed by atoms with van der Waals surface area (Å²) in [6.07, 6.45) is 5.39. The topological polar surface area (TPSA) is 32.8 Å². The largest absolute Gasteiger partial charge is 0.484 e. The van der Waals surface area contributed by atoms with Gasteiger partial charge in [-0.25, -0.2) is 0 Å². The van der Waals surface area contributed by atoms with Crippen LogP contribution in [0.1, 0.15) is 38.2 Å². The summed E-state index contributed by atoms with van der Waals surface area (Å²) in [5, 5.41) is 0. The minimum absolute atomic E-state index is 0.104. The standard InChI is InChI=1S/C20H30N2O2/c1-16-6-8-19(9-7-16)24-15-20(23)22-12-10-21(11-13-22)18-5-3-4-17(2)14-18/h6-9,17-18H,3-5,10-15H2,1-2H3/t17-,18-/m1/s1. The van der Waals surface area contributed by atoms with Crippen LogP contribution >= 0.6 is 0 Å². The molecule has 2 fully saturated rings. The van der Waals surface area contributed by atoms with Gasteiger partial charge in [0.1, 0.15) is 5.75 Å². The van der Waals surface area contributed by atoms with E-state index in [-0.39, 0.29) is 12.5 Å². The molecule has 0 spiro atoms. The Morgan fingerprint density at radius 2 is 1.83 bits per heavy atom. The van der Waals surface area contributed by atoms with Gasteiger partial charge in [0, 0.05) is 32.2 Å². The fourth-order valence-corrected chi connectivity index (χ4v) is 3.94. The summed E-state index contributed by atoms with van der Waals surface area (Å²) in [4.78, 5) is 16.9. The van der Waals surface area contributed by atoms with E-state index in [2.05, 4.69) is 11.8 Å². The van der Waals surface area contributed by atoms with Gasteiger partial charge in [0.05, 0.1) is 0 Å². The molecule has 1 heterocycles. The SMILES string of the molecule is Cc1ccc(OCC(=O)N2CCN([C@@H]3CCC[C@@H](C)C3)CC2)cc1. The number of ether oxygens (including phenoxy) is 1. The first kappa shape index (κ1) is 17.3. The lowest BCUT2D eigenvalue weighted by molar-refractivity contribution is -0.135. The normalized spacial score (nSPS) is 25.5. The molecule has 0 N–H and O–H groups in total. The molecule has 1 aromatic rings. The molecule has 1 aliphatic heterocycles. The van der Waals surface area contributed by atoms with Crippen LogP contribution in [0.15, 0.2) is 24.3 Å². The number of piperazine rings is 1. The van der Waals surface area contributed by atoms with Gasteiger partial charge >= 0.3 is 0 Å². The molecule has 0 unspecified atom stereocenters. The third-order valence-corrected chi connectivity index (χ3v) is 5.48. The Balaban J connectivity index is 1.42. The second kappa shape index (κ2) is 8.02. The first-order valence-corrected chi connectivity index (χ1v) is 9.33. The zero-order chi connectivity index (χ0) is 16.9. The highest BCUT2D eigenvalue weighted by atomic mass is 16.5. The summed E-state index contributed by atoms with van der Waals surface area (Å²) >= 11 is 0. The van der Waals surface area contributed by atoms with Crippen molar-refractivity contribution < 1.29 is 9.53 Å². The Morgan fingerprint density at radius 1 is 1.12 bits per heavy atom. The van der Waals surface area contributed by atoms with Crippen molar-refractivity contribution in [3.63, 3.8) is 0 Å². The molecule has 1 aromatic carbocycles. The molecule has 4 heteroatoms. The number of aryl methyl sites for hydroxylation is 1. The van der Waals surface area contributed by atoms with Gasteiger partial charge in [-0.15, -0.1) is 0 Å². The van der Waals surface area contributed by atoms with Crippen LogP contribution in [0, 0.1) is 12.8 Å². The van der Waals surface area contributed by atoms with E-state index in [0.29, 0.717) is 0 Å². The van der Waals surface area contributed by atoms with Gasteiger partial charge in [0.2, 0.25) is 0 Å². The summed E-state index contributed by atoms with van der Waals surface area (Å²) in [5.41, 5.74) is 1.20. The minimum Gasteiger partial charge on any atom is -0.484 e. The highest BCUT2D eigenvalue weighted by molar-refractivity contribution is 5.77. The van der Waals surface area contributed by atoms with Crippen molar-refractivity contribution in [3.05, 3.63) is 29.8 Å². The van der Waals surface area contributed by atoms with E-state index in [1.54, 1.807) is 0 Å². The fourth-order valence-electron chi connectivity index (χ4n) is 3.94. The lowest BCUT2D eigenvalue weighted by atomic mass is 9.86. The zero-order valence-electron chi connectivity index (χ0n) is 15.0. The van der Waals surface area contributed by atoms with Crippen LogP contribution in [0.3, 0.4) is 0 Å². The van der Waals surface area contributed by atoms with Crippen molar-refractivity contribution in [2.24, 2.45) is 5.92 Å². The maximum Gasteiger partial charge on any atom is 0.260 e. The minimum atomic E-state index is 0.104. The number of amides is 1. The molecular formula is C20H30N2O2. The maximum atomic E-state index is 12.4. The van der Waals surface area contributed by atoms with E-state index >= 15 is 0 Å². The molecule has 1 aliphatic carbocycles. The average Bonchev–Trinajstić information content (AvgIpc) is 2.61. The molecule has 1 saturated carbocycles. The van der Waals surface area contributed by atoms with E-state index in [1.165, 1.54) is 31.2 Å². The Labute approximate surface area is 145 Å². The van der Waals surface area contributed by atoms with Gasteiger partial charge in [0.15, 0.2) is 6.61 Å². The van der Waals surface area contributed by atoms with Gasteiger partial charge in [0.25, 0.3) is 5.91 Å². The number of nitrogens with zero attached hydrogens (tertiary/aromatic N) is 2. The van der Waals surface area contributed by atoms with Gasteiger partial charge in [-0.2, -0.15) is 0 Å². The first-order chi connectivity index (χ1) is 11.6. The van der Waals surface area contributed by atoms with E-state index in [4.69, 9.17) is 4.74 Å². The maximum absolute atomic E-state index is 12.4. The van der Waals surface area contributed by atoms with Crippen LogP contribution in [0.2, 0.25) is 0 Å². The van der Waals surface area contributed by atoms with Crippen molar-refractivity contribution in [2.45, 2.75) is 45.6 Å². The quantitative estimate of drug-likeness (QED) is 0.850. The fraction of sp³-hybridized carbons (Fsp3) is 0.650. The van der Waals surface area contributed by atoms with Crippen molar-refractivity contribution in [1.82, 2.24) is 9.80 Å². The van der Waals surface area contributed by atoms with Gasteiger partial charge < -0.3 is 9.64 Å². The summed E-state index contributed by atoms with van der Waals surface area (Å²) in [7, 11) is 0. The lowest BCUT2D eigenvalue weighted by Crippen LogP contribution is -2.53.